The third-order valence-electron chi connectivity index (χ3n) is 2.44. The predicted octanol–water partition coefficient (Wildman–Crippen LogP) is 2.91. The van der Waals surface area contributed by atoms with Gasteiger partial charge in [0, 0.05) is 0 Å². The van der Waals surface area contributed by atoms with Gasteiger partial charge in [-0.1, -0.05) is 23.6 Å². The van der Waals surface area contributed by atoms with Gasteiger partial charge in [-0.25, -0.2) is 0 Å². The second kappa shape index (κ2) is 6.53. The number of hydrogen-bond donors (Lipinski definition) is 2. The van der Waals surface area contributed by atoms with Crippen molar-refractivity contribution in [3.8, 4) is 12.3 Å². The van der Waals surface area contributed by atoms with Gasteiger partial charge in [-0.3, -0.25) is 4.79 Å². The summed E-state index contributed by atoms with van der Waals surface area (Å²) in [6.45, 7) is 1.41. The van der Waals surface area contributed by atoms with E-state index in [2.05, 4.69) is 16.6 Å². The third-order valence-corrected chi connectivity index (χ3v) is 2.75. The van der Waals surface area contributed by atoms with Crippen molar-refractivity contribution in [1.29, 1.82) is 0 Å². The summed E-state index contributed by atoms with van der Waals surface area (Å²) in [6.07, 6.45) is 0.413. The molecule has 1 atom stereocenters. The van der Waals surface area contributed by atoms with Gasteiger partial charge in [-0.2, -0.15) is 13.2 Å². The van der Waals surface area contributed by atoms with Crippen molar-refractivity contribution in [2.24, 2.45) is 0 Å². The molecule has 7 heteroatoms. The highest BCUT2D eigenvalue weighted by atomic mass is 35.5. The van der Waals surface area contributed by atoms with Crippen LogP contribution < -0.4 is 10.6 Å². The molecular formula is C13H12ClF3N2O. The van der Waals surface area contributed by atoms with Crippen molar-refractivity contribution in [2.45, 2.75) is 19.1 Å². The highest BCUT2D eigenvalue weighted by Gasteiger charge is 2.35. The minimum atomic E-state index is -4.57. The van der Waals surface area contributed by atoms with Gasteiger partial charge >= 0.3 is 6.18 Å². The lowest BCUT2D eigenvalue weighted by Gasteiger charge is -2.19. The van der Waals surface area contributed by atoms with E-state index in [4.69, 9.17) is 18.0 Å². The molecule has 1 amide bonds. The first-order chi connectivity index (χ1) is 9.27. The van der Waals surface area contributed by atoms with Crippen LogP contribution in [-0.4, -0.2) is 18.5 Å². The molecule has 0 radical (unpaired) electrons. The number of halogens is 4. The summed E-state index contributed by atoms with van der Waals surface area (Å²) < 4.78 is 38.6. The molecule has 2 N–H and O–H groups in total. The van der Waals surface area contributed by atoms with Crippen LogP contribution in [0.3, 0.4) is 0 Å². The molecule has 0 aliphatic carbocycles. The molecule has 0 bridgehead atoms. The number of anilines is 1. The molecule has 1 aromatic rings. The Labute approximate surface area is 119 Å². The average molecular weight is 305 g/mol. The maximum absolute atomic E-state index is 12.9. The summed E-state index contributed by atoms with van der Waals surface area (Å²) in [5, 5.41) is 4.72. The van der Waals surface area contributed by atoms with Crippen LogP contribution in [0.2, 0.25) is 5.02 Å². The fourth-order valence-electron chi connectivity index (χ4n) is 1.48. The Balaban J connectivity index is 2.98. The first-order valence-corrected chi connectivity index (χ1v) is 5.98. The van der Waals surface area contributed by atoms with E-state index >= 15 is 0 Å². The van der Waals surface area contributed by atoms with Gasteiger partial charge in [-0.05, 0) is 19.1 Å². The molecule has 0 fully saturated rings. The fraction of sp³-hybridized carbons (Fsp3) is 0.308. The molecular weight excluding hydrogens is 293 g/mol. The second-order valence-electron chi connectivity index (χ2n) is 3.95. The zero-order valence-electron chi connectivity index (χ0n) is 10.5. The molecule has 0 aliphatic heterocycles. The van der Waals surface area contributed by atoms with Crippen molar-refractivity contribution in [2.75, 3.05) is 11.9 Å². The summed E-state index contributed by atoms with van der Waals surface area (Å²) in [6, 6.07) is 2.48. The minimum absolute atomic E-state index is 0.000493. The summed E-state index contributed by atoms with van der Waals surface area (Å²) >= 11 is 5.76. The number of carbonyl (C=O) groups excluding carboxylic acids is 1. The largest absolute Gasteiger partial charge is 0.418 e. The van der Waals surface area contributed by atoms with Crippen LogP contribution >= 0.6 is 11.6 Å². The Morgan fingerprint density at radius 3 is 2.70 bits per heavy atom. The summed E-state index contributed by atoms with van der Waals surface area (Å²) in [5.41, 5.74) is -1.26. The van der Waals surface area contributed by atoms with Crippen LogP contribution in [-0.2, 0) is 11.0 Å². The lowest BCUT2D eigenvalue weighted by molar-refractivity contribution is -0.137. The molecule has 0 spiro atoms. The Kier molecular flexibility index (Phi) is 5.28. The highest BCUT2D eigenvalue weighted by Crippen LogP contribution is 2.38. The average Bonchev–Trinajstić information content (AvgIpc) is 2.36. The molecule has 1 rings (SSSR count). The summed E-state index contributed by atoms with van der Waals surface area (Å²) in [5.74, 6) is 1.68. The fourth-order valence-corrected chi connectivity index (χ4v) is 1.71. The monoisotopic (exact) mass is 304 g/mol. The standard InChI is InChI=1S/C13H12ClF3N2O/c1-3-7-18-12(20)8(2)19-11-9(13(15,16)17)5-4-6-10(11)14/h1,4-6,8,19H,7H2,2H3,(H,18,20). The summed E-state index contributed by atoms with van der Waals surface area (Å²) in [7, 11) is 0. The highest BCUT2D eigenvalue weighted by molar-refractivity contribution is 6.33. The quantitative estimate of drug-likeness (QED) is 0.840. The minimum Gasteiger partial charge on any atom is -0.372 e. The Morgan fingerprint density at radius 2 is 2.15 bits per heavy atom. The van der Waals surface area contributed by atoms with Gasteiger partial charge in [0.1, 0.15) is 6.04 Å². The lowest BCUT2D eigenvalue weighted by Crippen LogP contribution is -2.38. The molecule has 0 heterocycles. The van der Waals surface area contributed by atoms with Crippen LogP contribution in [0.5, 0.6) is 0 Å². The number of benzene rings is 1. The van der Waals surface area contributed by atoms with E-state index in [1.807, 2.05) is 0 Å². The number of hydrogen-bond acceptors (Lipinski definition) is 2. The predicted molar refractivity (Wildman–Crippen MR) is 71.4 cm³/mol. The number of amides is 1. The number of rotatable bonds is 4. The Hall–Kier alpha value is -1.87. The van der Waals surface area contributed by atoms with Crippen LogP contribution in [0.15, 0.2) is 18.2 Å². The molecule has 0 aliphatic rings. The number of carbonyl (C=O) groups is 1. The Bertz CT molecular complexity index is 537. The van der Waals surface area contributed by atoms with Gasteiger partial charge in [-0.15, -0.1) is 6.42 Å². The first kappa shape index (κ1) is 16.2. The number of nitrogens with one attached hydrogen (secondary N) is 2. The maximum Gasteiger partial charge on any atom is 0.418 e. The van der Waals surface area contributed by atoms with Crippen molar-refractivity contribution in [3.05, 3.63) is 28.8 Å². The van der Waals surface area contributed by atoms with Crippen molar-refractivity contribution in [1.82, 2.24) is 5.32 Å². The van der Waals surface area contributed by atoms with Gasteiger partial charge in [0.2, 0.25) is 5.91 Å². The normalized spacial score (nSPS) is 12.4. The molecule has 1 aromatic carbocycles. The number of alkyl halides is 3. The molecule has 0 saturated carbocycles. The van der Waals surface area contributed by atoms with E-state index in [1.165, 1.54) is 19.1 Å². The molecule has 0 aromatic heterocycles. The molecule has 1 unspecified atom stereocenters. The topological polar surface area (TPSA) is 41.1 Å². The van der Waals surface area contributed by atoms with E-state index in [9.17, 15) is 18.0 Å². The molecule has 20 heavy (non-hydrogen) atoms. The second-order valence-corrected chi connectivity index (χ2v) is 4.36. The Morgan fingerprint density at radius 1 is 1.50 bits per heavy atom. The number of terminal acetylenes is 1. The zero-order valence-corrected chi connectivity index (χ0v) is 11.3. The van der Waals surface area contributed by atoms with Gasteiger partial charge in [0.15, 0.2) is 0 Å². The smallest absolute Gasteiger partial charge is 0.372 e. The van der Waals surface area contributed by atoms with E-state index in [0.717, 1.165) is 6.07 Å². The van der Waals surface area contributed by atoms with E-state index in [0.29, 0.717) is 0 Å². The first-order valence-electron chi connectivity index (χ1n) is 5.60. The van der Waals surface area contributed by atoms with Crippen LogP contribution in [0.4, 0.5) is 18.9 Å². The van der Waals surface area contributed by atoms with E-state index in [1.54, 1.807) is 0 Å². The van der Waals surface area contributed by atoms with Crippen LogP contribution in [0.25, 0.3) is 0 Å². The third kappa shape index (κ3) is 4.07. The van der Waals surface area contributed by atoms with Gasteiger partial charge < -0.3 is 10.6 Å². The van der Waals surface area contributed by atoms with E-state index < -0.39 is 23.7 Å². The summed E-state index contributed by atoms with van der Waals surface area (Å²) in [4.78, 5) is 11.6. The van der Waals surface area contributed by atoms with Crippen LogP contribution in [0, 0.1) is 12.3 Å². The maximum atomic E-state index is 12.9. The van der Waals surface area contributed by atoms with Crippen LogP contribution in [0.1, 0.15) is 12.5 Å². The SMILES string of the molecule is C#CCNC(=O)C(C)Nc1c(Cl)cccc1C(F)(F)F. The zero-order chi connectivity index (χ0) is 15.3. The lowest BCUT2D eigenvalue weighted by atomic mass is 10.1. The number of para-hydroxylation sites is 1. The van der Waals surface area contributed by atoms with Gasteiger partial charge in [0.05, 0.1) is 22.8 Å². The van der Waals surface area contributed by atoms with Gasteiger partial charge in [0.25, 0.3) is 0 Å². The molecule has 0 saturated heterocycles. The van der Waals surface area contributed by atoms with Crippen molar-refractivity contribution in [3.63, 3.8) is 0 Å². The van der Waals surface area contributed by atoms with Crippen molar-refractivity contribution < 1.29 is 18.0 Å². The molecule has 3 nitrogen and oxygen atoms in total. The molecule has 108 valence electrons. The van der Waals surface area contributed by atoms with E-state index in [-0.39, 0.29) is 17.3 Å². The van der Waals surface area contributed by atoms with Crippen molar-refractivity contribution >= 4 is 23.2 Å².